The van der Waals surface area contributed by atoms with Crippen LogP contribution < -0.4 is 4.74 Å². The highest BCUT2D eigenvalue weighted by Gasteiger charge is 2.14. The Morgan fingerprint density at radius 1 is 1.54 bits per heavy atom. The molecule has 0 aliphatic carbocycles. The molecule has 0 saturated heterocycles. The van der Waals surface area contributed by atoms with Crippen LogP contribution in [-0.2, 0) is 0 Å². The van der Waals surface area contributed by atoms with E-state index < -0.39 is 0 Å². The van der Waals surface area contributed by atoms with Crippen LogP contribution in [0.15, 0.2) is 15.0 Å². The van der Waals surface area contributed by atoms with Crippen molar-refractivity contribution in [2.45, 2.75) is 0 Å². The van der Waals surface area contributed by atoms with E-state index in [4.69, 9.17) is 4.74 Å². The molecule has 13 heavy (non-hydrogen) atoms. The van der Waals surface area contributed by atoms with Gasteiger partial charge in [-0.3, -0.25) is 4.79 Å². The van der Waals surface area contributed by atoms with Crippen molar-refractivity contribution in [2.75, 3.05) is 7.11 Å². The van der Waals surface area contributed by atoms with Crippen molar-refractivity contribution < 1.29 is 14.6 Å². The van der Waals surface area contributed by atoms with Crippen molar-refractivity contribution in [3.63, 3.8) is 0 Å². The van der Waals surface area contributed by atoms with E-state index in [2.05, 4.69) is 31.9 Å². The molecule has 0 saturated carbocycles. The van der Waals surface area contributed by atoms with Gasteiger partial charge in [0.2, 0.25) is 0 Å². The molecule has 0 fully saturated rings. The van der Waals surface area contributed by atoms with Gasteiger partial charge in [0.25, 0.3) is 0 Å². The van der Waals surface area contributed by atoms with Gasteiger partial charge < -0.3 is 9.84 Å². The summed E-state index contributed by atoms with van der Waals surface area (Å²) in [5.41, 5.74) is 0.208. The summed E-state index contributed by atoms with van der Waals surface area (Å²) in [7, 11) is 1.48. The third-order valence-corrected chi connectivity index (χ3v) is 2.84. The minimum atomic E-state index is -0.116. The lowest BCUT2D eigenvalue weighted by Crippen LogP contribution is -1.90. The first-order valence-electron chi connectivity index (χ1n) is 3.32. The number of ether oxygens (including phenoxy) is 1. The summed E-state index contributed by atoms with van der Waals surface area (Å²) >= 11 is 6.33. The zero-order valence-electron chi connectivity index (χ0n) is 6.67. The van der Waals surface area contributed by atoms with Gasteiger partial charge in [0, 0.05) is 0 Å². The van der Waals surface area contributed by atoms with Gasteiger partial charge in [-0.05, 0) is 37.9 Å². The number of benzene rings is 1. The highest BCUT2D eigenvalue weighted by atomic mass is 79.9. The highest BCUT2D eigenvalue weighted by molar-refractivity contribution is 9.11. The molecule has 3 nitrogen and oxygen atoms in total. The van der Waals surface area contributed by atoms with Crippen LogP contribution >= 0.6 is 31.9 Å². The summed E-state index contributed by atoms with van der Waals surface area (Å²) in [6.45, 7) is 0. The number of aromatic hydroxyl groups is 1. The molecule has 0 radical (unpaired) electrons. The number of phenols is 1. The van der Waals surface area contributed by atoms with Crippen LogP contribution in [0.25, 0.3) is 0 Å². The Morgan fingerprint density at radius 2 is 2.15 bits per heavy atom. The zero-order valence-corrected chi connectivity index (χ0v) is 9.85. The lowest BCUT2D eigenvalue weighted by Gasteiger charge is -2.08. The third-order valence-electron chi connectivity index (χ3n) is 1.51. The predicted molar refractivity (Wildman–Crippen MR) is 55.4 cm³/mol. The summed E-state index contributed by atoms with van der Waals surface area (Å²) < 4.78 is 5.97. The van der Waals surface area contributed by atoms with E-state index in [0.717, 1.165) is 0 Å². The van der Waals surface area contributed by atoms with Crippen LogP contribution in [0.2, 0.25) is 0 Å². The fourth-order valence-corrected chi connectivity index (χ4v) is 2.36. The molecular formula is C8H6Br2O3. The Hall–Kier alpha value is -0.550. The van der Waals surface area contributed by atoms with Crippen LogP contribution in [0, 0.1) is 0 Å². The molecule has 1 aromatic rings. The van der Waals surface area contributed by atoms with Crippen molar-refractivity contribution in [1.82, 2.24) is 0 Å². The molecule has 1 rings (SSSR count). The molecule has 0 amide bonds. The number of methoxy groups -OCH3 is 1. The second kappa shape index (κ2) is 4.11. The van der Waals surface area contributed by atoms with Crippen LogP contribution in [0.5, 0.6) is 11.5 Å². The average molecular weight is 310 g/mol. The SMILES string of the molecule is COc1c(Br)cc(C=O)c(O)c1Br. The maximum absolute atomic E-state index is 10.5. The highest BCUT2D eigenvalue weighted by Crippen LogP contribution is 2.41. The summed E-state index contributed by atoms with van der Waals surface area (Å²) in [5.74, 6) is 0.346. The second-order valence-corrected chi connectivity index (χ2v) is 3.91. The number of aldehydes is 1. The van der Waals surface area contributed by atoms with Gasteiger partial charge in [0.1, 0.15) is 10.2 Å². The van der Waals surface area contributed by atoms with Crippen LogP contribution in [-0.4, -0.2) is 18.5 Å². The first kappa shape index (κ1) is 10.5. The van der Waals surface area contributed by atoms with Gasteiger partial charge in [-0.25, -0.2) is 0 Å². The molecular weight excluding hydrogens is 304 g/mol. The van der Waals surface area contributed by atoms with E-state index in [-0.39, 0.29) is 11.3 Å². The van der Waals surface area contributed by atoms with Crippen molar-refractivity contribution in [1.29, 1.82) is 0 Å². The summed E-state index contributed by atoms with van der Waals surface area (Å²) in [4.78, 5) is 10.5. The normalized spacial score (nSPS) is 9.77. The molecule has 0 unspecified atom stereocenters. The molecule has 1 N–H and O–H groups in total. The largest absolute Gasteiger partial charge is 0.506 e. The average Bonchev–Trinajstić information content (AvgIpc) is 2.12. The first-order chi connectivity index (χ1) is 6.11. The fourth-order valence-electron chi connectivity index (χ4n) is 0.886. The number of hydrogen-bond acceptors (Lipinski definition) is 3. The third kappa shape index (κ3) is 1.86. The first-order valence-corrected chi connectivity index (χ1v) is 4.90. The van der Waals surface area contributed by atoms with Crippen LogP contribution in [0.1, 0.15) is 10.4 Å². The van der Waals surface area contributed by atoms with Crippen LogP contribution in [0.4, 0.5) is 0 Å². The minimum absolute atomic E-state index is 0.116. The van der Waals surface area contributed by atoms with Crippen molar-refractivity contribution in [3.8, 4) is 11.5 Å². The maximum Gasteiger partial charge on any atom is 0.153 e. The smallest absolute Gasteiger partial charge is 0.153 e. The van der Waals surface area contributed by atoms with E-state index in [9.17, 15) is 9.90 Å². The number of carbonyl (C=O) groups excluding carboxylic acids is 1. The van der Waals surface area contributed by atoms with Gasteiger partial charge in [0.15, 0.2) is 12.0 Å². The number of rotatable bonds is 2. The summed E-state index contributed by atoms with van der Waals surface area (Å²) in [6.07, 6.45) is 0.574. The van der Waals surface area contributed by atoms with Crippen molar-refractivity contribution in [3.05, 3.63) is 20.6 Å². The van der Waals surface area contributed by atoms with E-state index in [1.807, 2.05) is 0 Å². The predicted octanol–water partition coefficient (Wildman–Crippen LogP) is 2.74. The molecule has 0 spiro atoms. The molecule has 0 aromatic heterocycles. The molecule has 0 atom stereocenters. The molecule has 70 valence electrons. The van der Waals surface area contributed by atoms with Gasteiger partial charge in [-0.15, -0.1) is 0 Å². The fraction of sp³-hybridized carbons (Fsp3) is 0.125. The Kier molecular flexibility index (Phi) is 3.33. The van der Waals surface area contributed by atoms with E-state index in [1.54, 1.807) is 0 Å². The van der Waals surface area contributed by atoms with E-state index in [0.29, 0.717) is 21.0 Å². The van der Waals surface area contributed by atoms with Crippen LogP contribution in [0.3, 0.4) is 0 Å². The Morgan fingerprint density at radius 3 is 2.62 bits per heavy atom. The Labute approximate surface area is 92.0 Å². The van der Waals surface area contributed by atoms with Gasteiger partial charge in [-0.1, -0.05) is 0 Å². The summed E-state index contributed by atoms with van der Waals surface area (Å²) in [5, 5.41) is 9.45. The van der Waals surface area contributed by atoms with Crippen molar-refractivity contribution in [2.24, 2.45) is 0 Å². The van der Waals surface area contributed by atoms with Gasteiger partial charge >= 0.3 is 0 Å². The second-order valence-electron chi connectivity index (χ2n) is 2.26. The monoisotopic (exact) mass is 308 g/mol. The number of phenolic OH excluding ortho intramolecular Hbond substituents is 1. The minimum Gasteiger partial charge on any atom is -0.506 e. The molecule has 0 aliphatic heterocycles. The maximum atomic E-state index is 10.5. The standard InChI is InChI=1S/C8H6Br2O3/c1-13-8-5(9)2-4(3-11)7(12)6(8)10/h2-3,12H,1H3. The number of hydrogen-bond donors (Lipinski definition) is 1. The number of carbonyl (C=O) groups is 1. The topological polar surface area (TPSA) is 46.5 Å². The lowest BCUT2D eigenvalue weighted by molar-refractivity contribution is 0.112. The molecule has 0 aliphatic rings. The molecule has 0 bridgehead atoms. The Bertz CT molecular complexity index is 350. The summed E-state index contributed by atoms with van der Waals surface area (Å²) in [6, 6.07) is 1.49. The lowest BCUT2D eigenvalue weighted by atomic mass is 10.2. The molecule has 1 aromatic carbocycles. The van der Waals surface area contributed by atoms with Gasteiger partial charge in [-0.2, -0.15) is 0 Å². The molecule has 5 heteroatoms. The van der Waals surface area contributed by atoms with Gasteiger partial charge in [0.05, 0.1) is 17.1 Å². The quantitative estimate of drug-likeness (QED) is 0.855. The van der Waals surface area contributed by atoms with E-state index in [1.165, 1.54) is 13.2 Å². The van der Waals surface area contributed by atoms with Crippen molar-refractivity contribution >= 4 is 38.1 Å². The molecule has 0 heterocycles. The van der Waals surface area contributed by atoms with E-state index >= 15 is 0 Å². The Balaban J connectivity index is 3.45. The zero-order chi connectivity index (χ0) is 10.0. The number of halogens is 2.